The highest BCUT2D eigenvalue weighted by Gasteiger charge is 2.45. The van der Waals surface area contributed by atoms with Gasteiger partial charge in [-0.2, -0.15) is 0 Å². The molecular formula is C25H26BrN3O2. The molecule has 2 atom stereocenters. The molecule has 160 valence electrons. The van der Waals surface area contributed by atoms with Crippen LogP contribution in [0.15, 0.2) is 65.3 Å². The third-order valence-electron chi connectivity index (χ3n) is 5.74. The van der Waals surface area contributed by atoms with Crippen molar-refractivity contribution in [3.05, 3.63) is 70.8 Å². The van der Waals surface area contributed by atoms with Crippen molar-refractivity contribution in [1.29, 1.82) is 0 Å². The molecule has 0 spiro atoms. The number of hydrogen-bond donors (Lipinski definition) is 1. The second kappa shape index (κ2) is 8.42. The lowest BCUT2D eigenvalue weighted by molar-refractivity contribution is -0.143. The van der Waals surface area contributed by atoms with Gasteiger partial charge in [0, 0.05) is 33.9 Å². The molecule has 0 bridgehead atoms. The molecule has 2 amide bonds. The first kappa shape index (κ1) is 21.5. The number of nitrogens with zero attached hydrogens (tertiary/aromatic N) is 2. The Balaban J connectivity index is 1.71. The first-order valence-electron chi connectivity index (χ1n) is 10.5. The SMILES string of the molecule is CC(C)(C)C(=O)N1CC[C@@H](c2cccc(Br)c2)[C@H]1C(=O)Nc1cccc2cccnc12. The Morgan fingerprint density at radius 2 is 1.84 bits per heavy atom. The van der Waals surface area contributed by atoms with Crippen molar-refractivity contribution >= 4 is 44.3 Å². The predicted molar refractivity (Wildman–Crippen MR) is 127 cm³/mol. The Labute approximate surface area is 191 Å². The number of fused-ring (bicyclic) bond motifs is 1. The molecule has 2 aromatic carbocycles. The molecule has 3 aromatic rings. The largest absolute Gasteiger partial charge is 0.330 e. The molecular weight excluding hydrogens is 454 g/mol. The lowest BCUT2D eigenvalue weighted by atomic mass is 9.89. The zero-order valence-corrected chi connectivity index (χ0v) is 19.5. The second-order valence-electron chi connectivity index (χ2n) is 9.01. The van der Waals surface area contributed by atoms with Crippen LogP contribution in [0, 0.1) is 5.41 Å². The van der Waals surface area contributed by atoms with Gasteiger partial charge in [-0.05, 0) is 36.2 Å². The Morgan fingerprint density at radius 1 is 1.10 bits per heavy atom. The molecule has 1 N–H and O–H groups in total. The van der Waals surface area contributed by atoms with Gasteiger partial charge in [-0.1, -0.05) is 67.0 Å². The van der Waals surface area contributed by atoms with E-state index in [2.05, 4.69) is 26.2 Å². The summed E-state index contributed by atoms with van der Waals surface area (Å²) in [5.41, 5.74) is 1.89. The second-order valence-corrected chi connectivity index (χ2v) is 9.93. The lowest BCUT2D eigenvalue weighted by Gasteiger charge is -2.32. The number of rotatable bonds is 3. The highest BCUT2D eigenvalue weighted by Crippen LogP contribution is 2.37. The number of hydrogen-bond acceptors (Lipinski definition) is 3. The molecule has 2 heterocycles. The van der Waals surface area contributed by atoms with E-state index in [1.807, 2.05) is 75.4 Å². The van der Waals surface area contributed by atoms with E-state index >= 15 is 0 Å². The number of aromatic nitrogens is 1. The summed E-state index contributed by atoms with van der Waals surface area (Å²) in [6, 6.07) is 17.0. The molecule has 5 nitrogen and oxygen atoms in total. The van der Waals surface area contributed by atoms with Crippen LogP contribution in [0.5, 0.6) is 0 Å². The molecule has 0 unspecified atom stereocenters. The van der Waals surface area contributed by atoms with Crippen molar-refractivity contribution in [3.63, 3.8) is 0 Å². The van der Waals surface area contributed by atoms with Crippen LogP contribution in [-0.4, -0.2) is 34.3 Å². The number of carbonyl (C=O) groups excluding carboxylic acids is 2. The molecule has 4 rings (SSSR count). The minimum atomic E-state index is -0.583. The first-order valence-corrected chi connectivity index (χ1v) is 11.3. The normalized spacial score (nSPS) is 18.9. The predicted octanol–water partition coefficient (Wildman–Crippen LogP) is 5.37. The number of para-hydroxylation sites is 1. The van der Waals surface area contributed by atoms with Gasteiger partial charge >= 0.3 is 0 Å². The molecule has 1 aliphatic heterocycles. The van der Waals surface area contributed by atoms with Gasteiger partial charge in [0.05, 0.1) is 11.2 Å². The van der Waals surface area contributed by atoms with Crippen LogP contribution in [-0.2, 0) is 9.59 Å². The number of benzene rings is 2. The number of pyridine rings is 1. The number of likely N-dealkylation sites (tertiary alicyclic amines) is 1. The third-order valence-corrected chi connectivity index (χ3v) is 6.23. The van der Waals surface area contributed by atoms with Crippen molar-refractivity contribution in [3.8, 4) is 0 Å². The maximum Gasteiger partial charge on any atom is 0.247 e. The van der Waals surface area contributed by atoms with E-state index in [1.165, 1.54) is 0 Å². The van der Waals surface area contributed by atoms with Crippen molar-refractivity contribution < 1.29 is 9.59 Å². The average molecular weight is 480 g/mol. The molecule has 6 heteroatoms. The third kappa shape index (κ3) is 4.35. The Morgan fingerprint density at radius 3 is 2.58 bits per heavy atom. The number of halogens is 1. The van der Waals surface area contributed by atoms with E-state index in [0.717, 1.165) is 27.4 Å². The summed E-state index contributed by atoms with van der Waals surface area (Å²) in [7, 11) is 0. The summed E-state index contributed by atoms with van der Waals surface area (Å²) in [6.45, 7) is 6.24. The Kier molecular flexibility index (Phi) is 5.84. The van der Waals surface area contributed by atoms with Crippen LogP contribution >= 0.6 is 15.9 Å². The molecule has 0 saturated carbocycles. The van der Waals surface area contributed by atoms with Crippen molar-refractivity contribution in [2.45, 2.75) is 39.2 Å². The fourth-order valence-electron chi connectivity index (χ4n) is 4.27. The minimum absolute atomic E-state index is 0.0128. The minimum Gasteiger partial charge on any atom is -0.330 e. The molecule has 1 aromatic heterocycles. The van der Waals surface area contributed by atoms with Gasteiger partial charge in [-0.25, -0.2) is 0 Å². The summed E-state index contributed by atoms with van der Waals surface area (Å²) < 4.78 is 0.961. The quantitative estimate of drug-likeness (QED) is 0.549. The highest BCUT2D eigenvalue weighted by molar-refractivity contribution is 9.10. The topological polar surface area (TPSA) is 62.3 Å². The van der Waals surface area contributed by atoms with E-state index in [4.69, 9.17) is 0 Å². The number of carbonyl (C=O) groups is 2. The summed E-state index contributed by atoms with van der Waals surface area (Å²) in [5.74, 6) is -0.272. The van der Waals surface area contributed by atoms with E-state index in [1.54, 1.807) is 11.1 Å². The summed E-state index contributed by atoms with van der Waals surface area (Å²) >= 11 is 3.53. The fraction of sp³-hybridized carbons (Fsp3) is 0.320. The average Bonchev–Trinajstić information content (AvgIpc) is 3.18. The van der Waals surface area contributed by atoms with Gasteiger partial charge in [0.2, 0.25) is 11.8 Å². The monoisotopic (exact) mass is 479 g/mol. The van der Waals surface area contributed by atoms with Crippen molar-refractivity contribution in [1.82, 2.24) is 9.88 Å². The molecule has 1 aliphatic rings. The van der Waals surface area contributed by atoms with E-state index in [0.29, 0.717) is 12.2 Å². The van der Waals surface area contributed by atoms with Crippen molar-refractivity contribution in [2.75, 3.05) is 11.9 Å². The van der Waals surface area contributed by atoms with Crippen LogP contribution in [0.3, 0.4) is 0 Å². The zero-order chi connectivity index (χ0) is 22.2. The van der Waals surface area contributed by atoms with Crippen LogP contribution < -0.4 is 5.32 Å². The first-order chi connectivity index (χ1) is 14.8. The molecule has 31 heavy (non-hydrogen) atoms. The van der Waals surface area contributed by atoms with E-state index in [-0.39, 0.29) is 17.7 Å². The van der Waals surface area contributed by atoms with Gasteiger partial charge in [0.15, 0.2) is 0 Å². The number of anilines is 1. The fourth-order valence-corrected chi connectivity index (χ4v) is 4.69. The smallest absolute Gasteiger partial charge is 0.247 e. The molecule has 1 fully saturated rings. The van der Waals surface area contributed by atoms with Gasteiger partial charge in [0.1, 0.15) is 6.04 Å². The molecule has 0 radical (unpaired) electrons. The van der Waals surface area contributed by atoms with Crippen LogP contribution in [0.1, 0.15) is 38.7 Å². The van der Waals surface area contributed by atoms with E-state index in [9.17, 15) is 9.59 Å². The maximum atomic E-state index is 13.6. The summed E-state index contributed by atoms with van der Waals surface area (Å²) in [4.78, 5) is 33.0. The number of amides is 2. The van der Waals surface area contributed by atoms with Crippen LogP contribution in [0.2, 0.25) is 0 Å². The van der Waals surface area contributed by atoms with Crippen molar-refractivity contribution in [2.24, 2.45) is 5.41 Å². The van der Waals surface area contributed by atoms with Gasteiger partial charge in [0.25, 0.3) is 0 Å². The lowest BCUT2D eigenvalue weighted by Crippen LogP contribution is -2.49. The molecule has 1 saturated heterocycles. The van der Waals surface area contributed by atoms with E-state index < -0.39 is 11.5 Å². The maximum absolute atomic E-state index is 13.6. The van der Waals surface area contributed by atoms with Gasteiger partial charge < -0.3 is 10.2 Å². The Hall–Kier alpha value is -2.73. The highest BCUT2D eigenvalue weighted by atomic mass is 79.9. The molecule has 0 aliphatic carbocycles. The number of nitrogens with one attached hydrogen (secondary N) is 1. The van der Waals surface area contributed by atoms with Crippen LogP contribution in [0.25, 0.3) is 10.9 Å². The standard InChI is InChI=1S/C25H26BrN3O2/c1-25(2,3)24(31)29-14-12-19(17-8-4-10-18(26)15-17)22(29)23(30)28-20-11-5-7-16-9-6-13-27-21(16)20/h4-11,13,15,19,22H,12,14H2,1-3H3,(H,28,30)/t19-,22-/m0/s1. The Bertz CT molecular complexity index is 1130. The van der Waals surface area contributed by atoms with Crippen LogP contribution in [0.4, 0.5) is 5.69 Å². The summed E-state index contributed by atoms with van der Waals surface area (Å²) in [5, 5.41) is 4.03. The van der Waals surface area contributed by atoms with Gasteiger partial charge in [-0.15, -0.1) is 0 Å². The zero-order valence-electron chi connectivity index (χ0n) is 17.9. The van der Waals surface area contributed by atoms with Gasteiger partial charge in [-0.3, -0.25) is 14.6 Å². The summed E-state index contributed by atoms with van der Waals surface area (Å²) in [6.07, 6.45) is 2.46.